The summed E-state index contributed by atoms with van der Waals surface area (Å²) in [5.41, 5.74) is 6.42. The quantitative estimate of drug-likeness (QED) is 0.687. The van der Waals surface area contributed by atoms with Gasteiger partial charge in [0.1, 0.15) is 35.0 Å². The topological polar surface area (TPSA) is 92.9 Å². The Morgan fingerprint density at radius 3 is 2.65 bits per heavy atom. The summed E-state index contributed by atoms with van der Waals surface area (Å²) in [7, 11) is 0. The third-order valence-corrected chi connectivity index (χ3v) is 5.40. The molecule has 2 aromatic heterocycles. The lowest BCUT2D eigenvalue weighted by atomic mass is 10.1. The van der Waals surface area contributed by atoms with Crippen LogP contribution >= 0.6 is 0 Å². The predicted octanol–water partition coefficient (Wildman–Crippen LogP) is 2.61. The molecule has 0 radical (unpaired) electrons. The number of halogens is 3. The van der Waals surface area contributed by atoms with Crippen molar-refractivity contribution in [1.29, 1.82) is 5.26 Å². The van der Waals surface area contributed by atoms with E-state index < -0.39 is 18.3 Å². The zero-order valence-electron chi connectivity index (χ0n) is 16.6. The molecule has 0 amide bonds. The first-order chi connectivity index (χ1) is 14.8. The third-order valence-electron chi connectivity index (χ3n) is 5.40. The van der Waals surface area contributed by atoms with Gasteiger partial charge in [-0.05, 0) is 18.4 Å². The van der Waals surface area contributed by atoms with Gasteiger partial charge in [0.15, 0.2) is 0 Å². The first-order valence-electron chi connectivity index (χ1n) is 9.91. The average molecular weight is 430 g/mol. The van der Waals surface area contributed by atoms with E-state index in [4.69, 9.17) is 5.73 Å². The molecule has 31 heavy (non-hydrogen) atoms. The number of rotatable bonds is 4. The smallest absolute Gasteiger partial charge is 0.355 e. The largest absolute Gasteiger partial charge is 0.406 e. The van der Waals surface area contributed by atoms with Gasteiger partial charge in [-0.1, -0.05) is 30.3 Å². The molecule has 1 aliphatic heterocycles. The van der Waals surface area contributed by atoms with Crippen molar-refractivity contribution in [2.24, 2.45) is 5.73 Å². The molecule has 1 aromatic carbocycles. The Balaban J connectivity index is 1.97. The van der Waals surface area contributed by atoms with Crippen molar-refractivity contribution < 1.29 is 13.2 Å². The molecule has 0 bridgehead atoms. The number of hydrogen-bond donors (Lipinski definition) is 1. The van der Waals surface area contributed by atoms with Crippen molar-refractivity contribution in [1.82, 2.24) is 14.1 Å². The first kappa shape index (κ1) is 20.9. The minimum absolute atomic E-state index is 0.0127. The van der Waals surface area contributed by atoms with Crippen LogP contribution in [-0.4, -0.2) is 39.4 Å². The summed E-state index contributed by atoms with van der Waals surface area (Å²) in [5, 5.41) is 9.89. The van der Waals surface area contributed by atoms with E-state index in [1.165, 1.54) is 0 Å². The minimum atomic E-state index is -4.57. The Morgan fingerprint density at radius 2 is 2.00 bits per heavy atom. The number of alkyl halides is 3. The van der Waals surface area contributed by atoms with Gasteiger partial charge in [-0.3, -0.25) is 9.36 Å². The first-order valence-corrected chi connectivity index (χ1v) is 9.91. The molecule has 162 valence electrons. The number of nitriles is 1. The molecule has 4 rings (SSSR count). The van der Waals surface area contributed by atoms with Gasteiger partial charge in [-0.15, -0.1) is 0 Å². The molecule has 3 aromatic rings. The number of fused-ring (bicyclic) bond motifs is 1. The van der Waals surface area contributed by atoms with Crippen LogP contribution in [0.4, 0.5) is 19.0 Å². The lowest BCUT2D eigenvalue weighted by molar-refractivity contribution is -0.141. The second-order valence-corrected chi connectivity index (χ2v) is 7.72. The summed E-state index contributed by atoms with van der Waals surface area (Å²) < 4.78 is 41.1. The van der Waals surface area contributed by atoms with Crippen LogP contribution in [0.15, 0.2) is 41.5 Å². The van der Waals surface area contributed by atoms with Crippen LogP contribution in [-0.2, 0) is 13.1 Å². The molecule has 7 nitrogen and oxygen atoms in total. The van der Waals surface area contributed by atoms with Crippen molar-refractivity contribution in [3.8, 4) is 6.07 Å². The molecule has 1 atom stereocenters. The maximum Gasteiger partial charge on any atom is 0.406 e. The predicted molar refractivity (Wildman–Crippen MR) is 110 cm³/mol. The highest BCUT2D eigenvalue weighted by atomic mass is 19.4. The van der Waals surface area contributed by atoms with Gasteiger partial charge >= 0.3 is 6.18 Å². The molecule has 3 heterocycles. The molecule has 0 spiro atoms. The van der Waals surface area contributed by atoms with Crippen LogP contribution in [0, 0.1) is 11.3 Å². The fraction of sp³-hybridized carbons (Fsp3) is 0.381. The highest BCUT2D eigenvalue weighted by molar-refractivity contribution is 5.89. The maximum absolute atomic E-state index is 13.1. The van der Waals surface area contributed by atoms with Crippen molar-refractivity contribution in [3.63, 3.8) is 0 Å². The van der Waals surface area contributed by atoms with Gasteiger partial charge < -0.3 is 15.2 Å². The van der Waals surface area contributed by atoms with Crippen molar-refractivity contribution >= 4 is 16.9 Å². The molecule has 1 fully saturated rings. The minimum Gasteiger partial charge on any atom is -0.355 e. The molecule has 1 aliphatic rings. The van der Waals surface area contributed by atoms with E-state index in [1.54, 1.807) is 4.57 Å². The van der Waals surface area contributed by atoms with Crippen LogP contribution in [0.5, 0.6) is 0 Å². The van der Waals surface area contributed by atoms with Crippen LogP contribution in [0.3, 0.4) is 0 Å². The number of hydrogen-bond acceptors (Lipinski definition) is 5. The Bertz CT molecular complexity index is 1190. The van der Waals surface area contributed by atoms with E-state index in [0.29, 0.717) is 23.5 Å². The van der Waals surface area contributed by atoms with Gasteiger partial charge in [-0.2, -0.15) is 18.4 Å². The summed E-state index contributed by atoms with van der Waals surface area (Å²) >= 11 is 0. The van der Waals surface area contributed by atoms with Gasteiger partial charge in [0.05, 0.1) is 6.33 Å². The average Bonchev–Trinajstić information content (AvgIpc) is 3.04. The van der Waals surface area contributed by atoms with Crippen molar-refractivity contribution in [2.45, 2.75) is 38.1 Å². The van der Waals surface area contributed by atoms with Gasteiger partial charge in [0, 0.05) is 25.7 Å². The van der Waals surface area contributed by atoms with Gasteiger partial charge in [0.2, 0.25) is 0 Å². The summed E-state index contributed by atoms with van der Waals surface area (Å²) in [6.07, 6.45) is -2.06. The Hall–Kier alpha value is -3.32. The van der Waals surface area contributed by atoms with Crippen LogP contribution in [0.25, 0.3) is 11.0 Å². The zero-order valence-corrected chi connectivity index (χ0v) is 16.6. The van der Waals surface area contributed by atoms with Gasteiger partial charge in [-0.25, -0.2) is 4.98 Å². The molecule has 0 saturated carbocycles. The van der Waals surface area contributed by atoms with Crippen molar-refractivity contribution in [2.75, 3.05) is 18.0 Å². The fourth-order valence-corrected chi connectivity index (χ4v) is 4.11. The number of piperidine rings is 1. The Morgan fingerprint density at radius 1 is 1.26 bits per heavy atom. The molecule has 10 heteroatoms. The molecular formula is C21H21F3N6O. The Kier molecular flexibility index (Phi) is 5.45. The van der Waals surface area contributed by atoms with E-state index in [0.717, 1.165) is 24.7 Å². The number of anilines is 1. The monoisotopic (exact) mass is 430 g/mol. The van der Waals surface area contributed by atoms with E-state index in [2.05, 4.69) is 11.1 Å². The second kappa shape index (κ2) is 8.07. The van der Waals surface area contributed by atoms with E-state index >= 15 is 0 Å². The maximum atomic E-state index is 13.1. The number of nitrogens with zero attached hydrogens (tertiary/aromatic N) is 5. The lowest BCUT2D eigenvalue weighted by Crippen LogP contribution is -2.44. The van der Waals surface area contributed by atoms with E-state index in [9.17, 15) is 23.2 Å². The van der Waals surface area contributed by atoms with Crippen LogP contribution in [0.2, 0.25) is 0 Å². The third kappa shape index (κ3) is 4.14. The summed E-state index contributed by atoms with van der Waals surface area (Å²) in [6.45, 7) is -0.120. The van der Waals surface area contributed by atoms with Crippen molar-refractivity contribution in [3.05, 3.63) is 58.1 Å². The SMILES string of the molecule is N#Cc1c(N2CCC[C@H](N)C2)n(Cc2ccccc2)c2c(=O)n(CC(F)(F)F)cnc12. The second-order valence-electron chi connectivity index (χ2n) is 7.72. The molecule has 2 N–H and O–H groups in total. The molecular weight excluding hydrogens is 409 g/mol. The molecule has 1 saturated heterocycles. The summed E-state index contributed by atoms with van der Waals surface area (Å²) in [5.74, 6) is 0.478. The normalized spacial score (nSPS) is 17.1. The molecule has 0 aliphatic carbocycles. The van der Waals surface area contributed by atoms with Crippen LogP contribution in [0.1, 0.15) is 24.0 Å². The number of nitrogens with two attached hydrogens (primary N) is 1. The Labute approximate surface area is 176 Å². The van der Waals surface area contributed by atoms with Crippen LogP contribution < -0.4 is 16.2 Å². The standard InChI is InChI=1S/C21H21F3N6O/c22-21(23,24)12-29-13-27-17-16(9-25)19(28-8-4-7-15(26)11-28)30(18(17)20(29)31)10-14-5-2-1-3-6-14/h1-3,5-6,13,15H,4,7-8,10-12,26H2/t15-/m0/s1. The summed E-state index contributed by atoms with van der Waals surface area (Å²) in [4.78, 5) is 19.1. The highest BCUT2D eigenvalue weighted by Gasteiger charge is 2.32. The fourth-order valence-electron chi connectivity index (χ4n) is 4.11. The highest BCUT2D eigenvalue weighted by Crippen LogP contribution is 2.32. The van der Waals surface area contributed by atoms with E-state index in [1.807, 2.05) is 35.2 Å². The molecule has 0 unspecified atom stereocenters. The van der Waals surface area contributed by atoms with E-state index in [-0.39, 0.29) is 29.2 Å². The number of benzene rings is 1. The zero-order chi connectivity index (χ0) is 22.2. The number of aromatic nitrogens is 3. The lowest BCUT2D eigenvalue weighted by Gasteiger charge is -2.33. The summed E-state index contributed by atoms with van der Waals surface area (Å²) in [6, 6.07) is 11.2. The van der Waals surface area contributed by atoms with Gasteiger partial charge in [0.25, 0.3) is 5.56 Å².